The van der Waals surface area contributed by atoms with Gasteiger partial charge in [-0.3, -0.25) is 0 Å². The van der Waals surface area contributed by atoms with E-state index in [2.05, 4.69) is 10.3 Å². The summed E-state index contributed by atoms with van der Waals surface area (Å²) >= 11 is 0. The van der Waals surface area contributed by atoms with Crippen molar-refractivity contribution in [2.75, 3.05) is 18.5 Å². The van der Waals surface area contributed by atoms with Crippen molar-refractivity contribution in [2.24, 2.45) is 11.3 Å². The fourth-order valence-electron chi connectivity index (χ4n) is 3.48. The molecule has 0 saturated carbocycles. The molecule has 0 saturated heterocycles. The molecule has 0 amide bonds. The molecule has 2 aromatic rings. The van der Waals surface area contributed by atoms with Gasteiger partial charge in [-0.25, -0.2) is 4.98 Å². The van der Waals surface area contributed by atoms with E-state index < -0.39 is 17.3 Å². The van der Waals surface area contributed by atoms with Crippen LogP contribution in [0.4, 0.5) is 18.9 Å². The number of imidazole rings is 1. The highest BCUT2D eigenvalue weighted by Gasteiger charge is 2.36. The Bertz CT molecular complexity index is 899. The average Bonchev–Trinajstić information content (AvgIpc) is 3.21. The zero-order valence-corrected chi connectivity index (χ0v) is 15.4. The number of hydrogen-bond acceptors (Lipinski definition) is 4. The quantitative estimate of drug-likeness (QED) is 0.805. The minimum atomic E-state index is -4.60. The lowest BCUT2D eigenvalue weighted by atomic mass is 9.70. The highest BCUT2D eigenvalue weighted by Crippen LogP contribution is 2.41. The summed E-state index contributed by atoms with van der Waals surface area (Å²) in [6.45, 7) is 2.31. The van der Waals surface area contributed by atoms with Gasteiger partial charge < -0.3 is 15.0 Å². The minimum Gasteiger partial charge on any atom is -0.396 e. The third-order valence-corrected chi connectivity index (χ3v) is 5.41. The SMILES string of the molecule is CC1(CO)CCC(n2ccnc2)=CC1CNc1ccc(C#N)c(C(F)(F)F)c1. The summed E-state index contributed by atoms with van der Waals surface area (Å²) < 4.78 is 41.4. The van der Waals surface area contributed by atoms with Crippen molar-refractivity contribution in [1.82, 2.24) is 9.55 Å². The molecular formula is C20H21F3N4O. The van der Waals surface area contributed by atoms with Crippen LogP contribution in [0.2, 0.25) is 0 Å². The van der Waals surface area contributed by atoms with Crippen LogP contribution in [0.1, 0.15) is 30.9 Å². The van der Waals surface area contributed by atoms with Crippen LogP contribution in [0.15, 0.2) is 43.0 Å². The molecule has 5 nitrogen and oxygen atoms in total. The summed E-state index contributed by atoms with van der Waals surface area (Å²) in [5.74, 6) is -0.0892. The summed E-state index contributed by atoms with van der Waals surface area (Å²) in [5, 5.41) is 21.8. The van der Waals surface area contributed by atoms with Crippen molar-refractivity contribution in [1.29, 1.82) is 5.26 Å². The van der Waals surface area contributed by atoms with E-state index in [0.29, 0.717) is 6.54 Å². The molecule has 1 aliphatic rings. The molecule has 2 unspecified atom stereocenters. The van der Waals surface area contributed by atoms with E-state index in [9.17, 15) is 18.3 Å². The van der Waals surface area contributed by atoms with Gasteiger partial charge in [0.1, 0.15) is 0 Å². The number of nitriles is 1. The topological polar surface area (TPSA) is 73.9 Å². The number of nitrogens with zero attached hydrogens (tertiary/aromatic N) is 3. The summed E-state index contributed by atoms with van der Waals surface area (Å²) in [6, 6.07) is 5.17. The fourth-order valence-corrected chi connectivity index (χ4v) is 3.48. The maximum absolute atomic E-state index is 13.2. The number of aromatic nitrogens is 2. The summed E-state index contributed by atoms with van der Waals surface area (Å²) in [5.41, 5.74) is -0.404. The molecule has 0 spiro atoms. The smallest absolute Gasteiger partial charge is 0.396 e. The lowest BCUT2D eigenvalue weighted by molar-refractivity contribution is -0.137. The Labute approximate surface area is 161 Å². The first kappa shape index (κ1) is 20.0. The van der Waals surface area contributed by atoms with E-state index in [-0.39, 0.29) is 23.6 Å². The summed E-state index contributed by atoms with van der Waals surface area (Å²) in [6.07, 6.45) is 4.20. The molecule has 2 atom stereocenters. The summed E-state index contributed by atoms with van der Waals surface area (Å²) in [7, 11) is 0. The molecule has 3 rings (SSSR count). The van der Waals surface area contributed by atoms with E-state index in [1.165, 1.54) is 12.1 Å². The Hall–Kier alpha value is -2.79. The van der Waals surface area contributed by atoms with Gasteiger partial charge in [0.15, 0.2) is 0 Å². The van der Waals surface area contributed by atoms with Crippen LogP contribution in [0, 0.1) is 22.7 Å². The highest BCUT2D eigenvalue weighted by atomic mass is 19.4. The number of aliphatic hydroxyl groups is 1. The monoisotopic (exact) mass is 390 g/mol. The molecule has 28 heavy (non-hydrogen) atoms. The van der Waals surface area contributed by atoms with Crippen LogP contribution in [-0.4, -0.2) is 27.8 Å². The number of halogens is 3. The lowest BCUT2D eigenvalue weighted by Crippen LogP contribution is -2.37. The van der Waals surface area contributed by atoms with Crippen LogP contribution in [-0.2, 0) is 6.18 Å². The predicted octanol–water partition coefficient (Wildman–Crippen LogP) is 4.14. The first-order valence-corrected chi connectivity index (χ1v) is 8.92. The van der Waals surface area contributed by atoms with E-state index >= 15 is 0 Å². The lowest BCUT2D eigenvalue weighted by Gasteiger charge is -2.39. The maximum atomic E-state index is 13.2. The number of rotatable bonds is 5. The Balaban J connectivity index is 1.83. The molecular weight excluding hydrogens is 369 g/mol. The van der Waals surface area contributed by atoms with Gasteiger partial charge >= 0.3 is 6.18 Å². The third-order valence-electron chi connectivity index (χ3n) is 5.41. The first-order valence-electron chi connectivity index (χ1n) is 8.92. The molecule has 0 bridgehead atoms. The number of anilines is 1. The number of hydrogen-bond donors (Lipinski definition) is 2. The van der Waals surface area contributed by atoms with Crippen LogP contribution >= 0.6 is 0 Å². The second kappa shape index (κ2) is 7.68. The maximum Gasteiger partial charge on any atom is 0.417 e. The average molecular weight is 390 g/mol. The highest BCUT2D eigenvalue weighted by molar-refractivity contribution is 5.54. The predicted molar refractivity (Wildman–Crippen MR) is 99.1 cm³/mol. The summed E-state index contributed by atoms with van der Waals surface area (Å²) in [4.78, 5) is 4.05. The van der Waals surface area contributed by atoms with Gasteiger partial charge in [-0.1, -0.05) is 13.0 Å². The first-order chi connectivity index (χ1) is 13.3. The number of nitrogens with one attached hydrogen (secondary N) is 1. The Morgan fingerprint density at radius 3 is 2.82 bits per heavy atom. The molecule has 8 heteroatoms. The van der Waals surface area contributed by atoms with Crippen molar-refractivity contribution in [3.05, 3.63) is 54.1 Å². The van der Waals surface area contributed by atoms with Gasteiger partial charge in [0.2, 0.25) is 0 Å². The van der Waals surface area contributed by atoms with Gasteiger partial charge in [0, 0.05) is 42.8 Å². The minimum absolute atomic E-state index is 0.0196. The zero-order valence-electron chi connectivity index (χ0n) is 15.4. The van der Waals surface area contributed by atoms with E-state index in [0.717, 1.165) is 24.6 Å². The number of benzene rings is 1. The van der Waals surface area contributed by atoms with Crippen molar-refractivity contribution in [2.45, 2.75) is 25.9 Å². The largest absolute Gasteiger partial charge is 0.417 e. The van der Waals surface area contributed by atoms with E-state index in [4.69, 9.17) is 5.26 Å². The van der Waals surface area contributed by atoms with Crippen molar-refractivity contribution in [3.63, 3.8) is 0 Å². The van der Waals surface area contributed by atoms with Crippen molar-refractivity contribution >= 4 is 11.4 Å². The van der Waals surface area contributed by atoms with Crippen LogP contribution < -0.4 is 5.32 Å². The van der Waals surface area contributed by atoms with Crippen molar-refractivity contribution < 1.29 is 18.3 Å². The van der Waals surface area contributed by atoms with E-state index in [1.54, 1.807) is 18.6 Å². The second-order valence-corrected chi connectivity index (χ2v) is 7.30. The van der Waals surface area contributed by atoms with Gasteiger partial charge in [-0.05, 0) is 36.5 Å². The third kappa shape index (κ3) is 4.04. The number of allylic oxidation sites excluding steroid dienone is 1. The van der Waals surface area contributed by atoms with Gasteiger partial charge in [-0.15, -0.1) is 0 Å². The van der Waals surface area contributed by atoms with Crippen LogP contribution in [0.25, 0.3) is 5.70 Å². The molecule has 1 aromatic heterocycles. The molecule has 0 radical (unpaired) electrons. The molecule has 2 N–H and O–H groups in total. The van der Waals surface area contributed by atoms with Crippen LogP contribution in [0.3, 0.4) is 0 Å². The molecule has 1 aliphatic carbocycles. The molecule has 0 fully saturated rings. The van der Waals surface area contributed by atoms with Crippen LogP contribution in [0.5, 0.6) is 0 Å². The number of alkyl halides is 3. The zero-order chi connectivity index (χ0) is 20.4. The molecule has 148 valence electrons. The second-order valence-electron chi connectivity index (χ2n) is 7.30. The Kier molecular flexibility index (Phi) is 5.47. The normalized spacial score (nSPS) is 22.4. The molecule has 1 aromatic carbocycles. The van der Waals surface area contributed by atoms with Crippen molar-refractivity contribution in [3.8, 4) is 6.07 Å². The van der Waals surface area contributed by atoms with E-state index in [1.807, 2.05) is 23.8 Å². The fraction of sp³-hybridized carbons (Fsp3) is 0.400. The molecule has 1 heterocycles. The number of aliphatic hydroxyl groups excluding tert-OH is 1. The van der Waals surface area contributed by atoms with Gasteiger partial charge in [0.05, 0.1) is 23.5 Å². The molecule has 0 aliphatic heterocycles. The standard InChI is InChI=1S/C20H21F3N4O/c1-19(12-28)5-4-17(27-7-6-25-13-27)8-15(19)11-26-16-3-2-14(10-24)18(9-16)20(21,22)23/h2-3,6-9,13,15,26,28H,4-5,11-12H2,1H3. The Morgan fingerprint density at radius 2 is 2.21 bits per heavy atom. The van der Waals surface area contributed by atoms with Gasteiger partial charge in [-0.2, -0.15) is 18.4 Å². The van der Waals surface area contributed by atoms with Gasteiger partial charge in [0.25, 0.3) is 0 Å². The Morgan fingerprint density at radius 1 is 1.43 bits per heavy atom.